The molecule has 1 aromatic carbocycles. The monoisotopic (exact) mass is 374 g/mol. The number of carbonyl (C=O) groups is 2. The SMILES string of the molecule is O=C(OCc1ccccc1)N1CCCC(C(=O)N(Cl)c2ccncn2)C1. The van der Waals surface area contributed by atoms with Gasteiger partial charge in [-0.05, 0) is 18.4 Å². The van der Waals surface area contributed by atoms with Gasteiger partial charge < -0.3 is 9.64 Å². The molecule has 0 N–H and O–H groups in total. The predicted octanol–water partition coefficient (Wildman–Crippen LogP) is 3.01. The first-order valence-corrected chi connectivity index (χ1v) is 8.70. The summed E-state index contributed by atoms with van der Waals surface area (Å²) in [5.74, 6) is -0.359. The van der Waals surface area contributed by atoms with Crippen LogP contribution in [0.25, 0.3) is 0 Å². The van der Waals surface area contributed by atoms with Gasteiger partial charge in [-0.15, -0.1) is 0 Å². The molecule has 2 amide bonds. The van der Waals surface area contributed by atoms with Gasteiger partial charge in [-0.1, -0.05) is 30.3 Å². The highest BCUT2D eigenvalue weighted by atomic mass is 35.5. The zero-order valence-corrected chi connectivity index (χ0v) is 14.9. The Balaban J connectivity index is 1.56. The van der Waals surface area contributed by atoms with Gasteiger partial charge in [-0.2, -0.15) is 0 Å². The van der Waals surface area contributed by atoms with E-state index in [1.165, 1.54) is 12.5 Å². The summed E-state index contributed by atoms with van der Waals surface area (Å²) in [7, 11) is 0. The van der Waals surface area contributed by atoms with E-state index in [2.05, 4.69) is 9.97 Å². The van der Waals surface area contributed by atoms with E-state index in [9.17, 15) is 9.59 Å². The minimum Gasteiger partial charge on any atom is -0.445 e. The molecule has 0 radical (unpaired) electrons. The van der Waals surface area contributed by atoms with Gasteiger partial charge in [0, 0.05) is 37.1 Å². The molecule has 0 saturated carbocycles. The Labute approximate surface area is 156 Å². The molecule has 2 aromatic rings. The third kappa shape index (κ3) is 4.49. The van der Waals surface area contributed by atoms with Crippen LogP contribution in [0.15, 0.2) is 48.9 Å². The highest BCUT2D eigenvalue weighted by Gasteiger charge is 2.32. The first-order chi connectivity index (χ1) is 12.6. The Hall–Kier alpha value is -2.67. The number of likely N-dealkylation sites (tertiary alicyclic amines) is 1. The Morgan fingerprint density at radius 3 is 2.81 bits per heavy atom. The molecule has 3 rings (SSSR count). The number of hydrogen-bond acceptors (Lipinski definition) is 5. The Bertz CT molecular complexity index is 745. The lowest BCUT2D eigenvalue weighted by Crippen LogP contribution is -2.45. The maximum atomic E-state index is 12.6. The maximum Gasteiger partial charge on any atom is 0.410 e. The van der Waals surface area contributed by atoms with Crippen LogP contribution in [-0.4, -0.2) is 40.0 Å². The van der Waals surface area contributed by atoms with Gasteiger partial charge in [0.05, 0.1) is 5.92 Å². The van der Waals surface area contributed by atoms with E-state index in [0.717, 1.165) is 9.98 Å². The van der Waals surface area contributed by atoms with Crippen LogP contribution in [0.1, 0.15) is 18.4 Å². The number of rotatable bonds is 4. The van der Waals surface area contributed by atoms with Crippen molar-refractivity contribution in [1.82, 2.24) is 14.9 Å². The van der Waals surface area contributed by atoms with Crippen LogP contribution < -0.4 is 4.42 Å². The smallest absolute Gasteiger partial charge is 0.410 e. The van der Waals surface area contributed by atoms with E-state index < -0.39 is 6.09 Å². The molecule has 0 aliphatic carbocycles. The lowest BCUT2D eigenvalue weighted by atomic mass is 9.97. The number of amides is 2. The van der Waals surface area contributed by atoms with Crippen molar-refractivity contribution in [2.45, 2.75) is 19.4 Å². The van der Waals surface area contributed by atoms with Crippen molar-refractivity contribution in [2.75, 3.05) is 17.5 Å². The quantitative estimate of drug-likeness (QED) is 0.769. The summed E-state index contributed by atoms with van der Waals surface area (Å²) in [6, 6.07) is 11.0. The fraction of sp³-hybridized carbons (Fsp3) is 0.333. The average Bonchev–Trinajstić information content (AvgIpc) is 2.72. The third-order valence-corrected chi connectivity index (χ3v) is 4.53. The van der Waals surface area contributed by atoms with E-state index in [-0.39, 0.29) is 25.0 Å². The molecule has 26 heavy (non-hydrogen) atoms. The van der Waals surface area contributed by atoms with E-state index >= 15 is 0 Å². The highest BCUT2D eigenvalue weighted by Crippen LogP contribution is 2.23. The lowest BCUT2D eigenvalue weighted by molar-refractivity contribution is -0.122. The number of piperidine rings is 1. The average molecular weight is 375 g/mol. The van der Waals surface area contributed by atoms with E-state index in [4.69, 9.17) is 16.5 Å². The molecular formula is C18H19ClN4O3. The summed E-state index contributed by atoms with van der Waals surface area (Å²) >= 11 is 6.12. The minimum absolute atomic E-state index is 0.206. The van der Waals surface area contributed by atoms with Crippen molar-refractivity contribution in [1.29, 1.82) is 0 Å². The fourth-order valence-electron chi connectivity index (χ4n) is 2.83. The summed E-state index contributed by atoms with van der Waals surface area (Å²) in [5.41, 5.74) is 0.918. The van der Waals surface area contributed by atoms with Crippen LogP contribution in [0.3, 0.4) is 0 Å². The highest BCUT2D eigenvalue weighted by molar-refractivity contribution is 6.36. The van der Waals surface area contributed by atoms with Gasteiger partial charge in [-0.3, -0.25) is 4.79 Å². The maximum absolute atomic E-state index is 12.6. The first-order valence-electron chi connectivity index (χ1n) is 8.36. The molecule has 8 heteroatoms. The van der Waals surface area contributed by atoms with E-state index in [1.807, 2.05) is 30.3 Å². The second-order valence-electron chi connectivity index (χ2n) is 6.01. The molecule has 1 aromatic heterocycles. The molecule has 1 aliphatic heterocycles. The van der Waals surface area contributed by atoms with Crippen molar-refractivity contribution in [3.63, 3.8) is 0 Å². The Morgan fingerprint density at radius 2 is 2.08 bits per heavy atom. The van der Waals surface area contributed by atoms with Crippen LogP contribution in [0.2, 0.25) is 0 Å². The summed E-state index contributed by atoms with van der Waals surface area (Å²) < 4.78 is 6.34. The van der Waals surface area contributed by atoms with Crippen LogP contribution in [0.5, 0.6) is 0 Å². The topological polar surface area (TPSA) is 75.6 Å². The molecule has 1 aliphatic rings. The van der Waals surface area contributed by atoms with Crippen LogP contribution in [0.4, 0.5) is 10.6 Å². The molecule has 1 saturated heterocycles. The first kappa shape index (κ1) is 18.1. The van der Waals surface area contributed by atoms with Crippen molar-refractivity contribution in [3.8, 4) is 0 Å². The van der Waals surface area contributed by atoms with Gasteiger partial charge in [0.2, 0.25) is 5.91 Å². The molecule has 7 nitrogen and oxygen atoms in total. The molecule has 2 heterocycles. The summed E-state index contributed by atoms with van der Waals surface area (Å²) in [6.07, 6.45) is 3.79. The molecule has 0 spiro atoms. The number of aromatic nitrogens is 2. The van der Waals surface area contributed by atoms with Crippen molar-refractivity contribution in [2.24, 2.45) is 5.92 Å². The summed E-state index contributed by atoms with van der Waals surface area (Å²) in [6.45, 7) is 1.05. The summed E-state index contributed by atoms with van der Waals surface area (Å²) in [5, 5.41) is 0. The second-order valence-corrected chi connectivity index (χ2v) is 6.35. The number of anilines is 1. The van der Waals surface area contributed by atoms with E-state index in [0.29, 0.717) is 25.2 Å². The largest absolute Gasteiger partial charge is 0.445 e. The molecule has 1 atom stereocenters. The van der Waals surface area contributed by atoms with Gasteiger partial charge >= 0.3 is 6.09 Å². The normalized spacial score (nSPS) is 16.8. The summed E-state index contributed by atoms with van der Waals surface area (Å²) in [4.78, 5) is 34.2. The van der Waals surface area contributed by atoms with E-state index in [1.54, 1.807) is 11.0 Å². The zero-order chi connectivity index (χ0) is 18.4. The minimum atomic E-state index is -0.422. The standard InChI is InChI=1S/C18H19ClN4O3/c19-23(16-8-9-20-13-21-16)17(24)15-7-4-10-22(11-15)18(25)26-12-14-5-2-1-3-6-14/h1-3,5-6,8-9,13,15H,4,7,10-12H2. The Morgan fingerprint density at radius 1 is 1.27 bits per heavy atom. The second kappa shape index (κ2) is 8.62. The number of carbonyl (C=O) groups excluding carboxylic acids is 2. The van der Waals surface area contributed by atoms with Crippen molar-refractivity contribution in [3.05, 3.63) is 54.5 Å². The van der Waals surface area contributed by atoms with Crippen LogP contribution in [-0.2, 0) is 16.1 Å². The molecule has 1 unspecified atom stereocenters. The molecule has 1 fully saturated rings. The van der Waals surface area contributed by atoms with Crippen molar-refractivity contribution >= 4 is 29.6 Å². The molecular weight excluding hydrogens is 356 g/mol. The molecule has 136 valence electrons. The number of ether oxygens (including phenoxy) is 1. The number of nitrogens with zero attached hydrogens (tertiary/aromatic N) is 4. The Kier molecular flexibility index (Phi) is 6.01. The van der Waals surface area contributed by atoms with Gasteiger partial charge in [0.25, 0.3) is 0 Å². The number of hydrogen-bond donors (Lipinski definition) is 0. The predicted molar refractivity (Wildman–Crippen MR) is 96.3 cm³/mol. The third-order valence-electron chi connectivity index (χ3n) is 4.19. The van der Waals surface area contributed by atoms with Crippen molar-refractivity contribution < 1.29 is 14.3 Å². The van der Waals surface area contributed by atoms with Gasteiger partial charge in [0.1, 0.15) is 12.9 Å². The molecule has 0 bridgehead atoms. The lowest BCUT2D eigenvalue weighted by Gasteiger charge is -2.32. The fourth-order valence-corrected chi connectivity index (χ4v) is 3.07. The van der Waals surface area contributed by atoms with Gasteiger partial charge in [0.15, 0.2) is 5.82 Å². The number of benzene rings is 1. The van der Waals surface area contributed by atoms with Crippen LogP contribution >= 0.6 is 11.8 Å². The van der Waals surface area contributed by atoms with Crippen LogP contribution in [0, 0.1) is 5.92 Å². The van der Waals surface area contributed by atoms with Gasteiger partial charge in [-0.25, -0.2) is 19.2 Å². The number of halogens is 1. The zero-order valence-electron chi connectivity index (χ0n) is 14.1.